The molecule has 0 aliphatic carbocycles. The predicted molar refractivity (Wildman–Crippen MR) is 148 cm³/mol. The number of amides is 2. The summed E-state index contributed by atoms with van der Waals surface area (Å²) in [6.45, 7) is 7.32. The Hall–Kier alpha value is -4.21. The molecule has 0 saturated carbocycles. The van der Waals surface area contributed by atoms with Crippen LogP contribution in [0.2, 0.25) is 0 Å². The number of benzene rings is 2. The van der Waals surface area contributed by atoms with Gasteiger partial charge in [-0.2, -0.15) is 0 Å². The molecule has 3 aromatic rings. The summed E-state index contributed by atoms with van der Waals surface area (Å²) in [6, 6.07) is 12.0. The lowest BCUT2D eigenvalue weighted by atomic mass is 9.96. The first-order valence-corrected chi connectivity index (χ1v) is 13.1. The molecule has 208 valence electrons. The molecule has 10 heteroatoms. The number of nitrogens with one attached hydrogen (secondary N) is 3. The van der Waals surface area contributed by atoms with Crippen LogP contribution in [0.5, 0.6) is 0 Å². The van der Waals surface area contributed by atoms with Crippen LogP contribution in [0.15, 0.2) is 64.2 Å². The number of rotatable bonds is 12. The van der Waals surface area contributed by atoms with Crippen molar-refractivity contribution in [2.24, 2.45) is 11.8 Å². The molecule has 0 spiro atoms. The number of carboxylic acid groups (broad SMARTS) is 1. The molecule has 0 bridgehead atoms. The van der Waals surface area contributed by atoms with E-state index in [9.17, 15) is 29.1 Å². The topological polar surface area (TPSA) is 150 Å². The molecule has 3 rings (SSSR count). The summed E-state index contributed by atoms with van der Waals surface area (Å²) < 4.78 is 0.884. The monoisotopic (exact) mass is 536 g/mol. The van der Waals surface area contributed by atoms with Crippen molar-refractivity contribution in [1.29, 1.82) is 0 Å². The van der Waals surface area contributed by atoms with Crippen molar-refractivity contribution >= 4 is 28.7 Å². The van der Waals surface area contributed by atoms with Crippen LogP contribution in [0.1, 0.15) is 52.1 Å². The molecule has 10 nitrogen and oxygen atoms in total. The highest BCUT2D eigenvalue weighted by atomic mass is 16.4. The van der Waals surface area contributed by atoms with E-state index in [0.717, 1.165) is 4.57 Å². The standard InChI is InChI=1S/C29H36N4O6/c1-5-18(4)24(26(35)30-22(28(37)38)15-17(2)3)32-25(34)23(16-19-11-7-6-8-12-19)33-27(36)20-13-9-10-14-21(20)31-29(33)39/h6-14,17-18,22-24H,5,15-16H2,1-4H3,(H,30,35)(H,31,39)(H,32,34)(H,37,38)/t18-,22+,23+,24-/m0/s1. The van der Waals surface area contributed by atoms with E-state index in [1.165, 1.54) is 0 Å². The second-order valence-electron chi connectivity index (χ2n) is 10.3. The van der Waals surface area contributed by atoms with Gasteiger partial charge in [-0.3, -0.25) is 14.4 Å². The van der Waals surface area contributed by atoms with Gasteiger partial charge in [0, 0.05) is 6.42 Å². The molecule has 0 aliphatic rings. The summed E-state index contributed by atoms with van der Waals surface area (Å²) in [5.41, 5.74) is -0.311. The van der Waals surface area contributed by atoms with Gasteiger partial charge in [-0.25, -0.2) is 14.2 Å². The molecule has 0 aliphatic heterocycles. The molecule has 1 heterocycles. The largest absolute Gasteiger partial charge is 0.480 e. The molecule has 0 unspecified atom stereocenters. The summed E-state index contributed by atoms with van der Waals surface area (Å²) in [5.74, 6) is -2.83. The van der Waals surface area contributed by atoms with Gasteiger partial charge < -0.3 is 20.7 Å². The normalized spacial score (nSPS) is 14.4. The van der Waals surface area contributed by atoms with E-state index < -0.39 is 47.2 Å². The number of para-hydroxylation sites is 1. The summed E-state index contributed by atoms with van der Waals surface area (Å²) in [6.07, 6.45) is 0.759. The van der Waals surface area contributed by atoms with Gasteiger partial charge in [0.15, 0.2) is 0 Å². The van der Waals surface area contributed by atoms with Gasteiger partial charge in [-0.05, 0) is 36.0 Å². The molecular weight excluding hydrogens is 500 g/mol. The van der Waals surface area contributed by atoms with Gasteiger partial charge in [0.05, 0.1) is 10.9 Å². The highest BCUT2D eigenvalue weighted by molar-refractivity contribution is 5.91. The Labute approximate surface area is 226 Å². The Bertz CT molecular complexity index is 1430. The van der Waals surface area contributed by atoms with Gasteiger partial charge in [-0.1, -0.05) is 76.6 Å². The predicted octanol–water partition coefficient (Wildman–Crippen LogP) is 2.62. The smallest absolute Gasteiger partial charge is 0.329 e. The molecule has 4 N–H and O–H groups in total. The zero-order valence-corrected chi connectivity index (χ0v) is 22.6. The molecule has 0 saturated heterocycles. The molecule has 1 aromatic heterocycles. The number of hydrogen-bond donors (Lipinski definition) is 4. The first-order valence-electron chi connectivity index (χ1n) is 13.1. The van der Waals surface area contributed by atoms with Crippen molar-refractivity contribution in [2.75, 3.05) is 0 Å². The number of aromatic nitrogens is 2. The molecule has 2 amide bonds. The van der Waals surface area contributed by atoms with Crippen molar-refractivity contribution in [3.8, 4) is 0 Å². The Morgan fingerprint density at radius 3 is 2.18 bits per heavy atom. The number of carbonyl (C=O) groups is 3. The zero-order valence-electron chi connectivity index (χ0n) is 22.6. The van der Waals surface area contributed by atoms with E-state index in [4.69, 9.17) is 0 Å². The average molecular weight is 537 g/mol. The van der Waals surface area contributed by atoms with Crippen molar-refractivity contribution in [3.63, 3.8) is 0 Å². The van der Waals surface area contributed by atoms with Crippen LogP contribution < -0.4 is 21.9 Å². The number of carboxylic acids is 1. The third kappa shape index (κ3) is 7.22. The molecule has 2 aromatic carbocycles. The summed E-state index contributed by atoms with van der Waals surface area (Å²) in [5, 5.41) is 15.1. The van der Waals surface area contributed by atoms with Crippen LogP contribution in [0, 0.1) is 11.8 Å². The Morgan fingerprint density at radius 2 is 1.56 bits per heavy atom. The maximum Gasteiger partial charge on any atom is 0.329 e. The van der Waals surface area contributed by atoms with Gasteiger partial charge >= 0.3 is 11.7 Å². The maximum atomic E-state index is 13.8. The van der Waals surface area contributed by atoms with Gasteiger partial charge in [0.25, 0.3) is 5.56 Å². The fourth-order valence-corrected chi connectivity index (χ4v) is 4.50. The van der Waals surface area contributed by atoms with Gasteiger partial charge in [-0.15, -0.1) is 0 Å². The fourth-order valence-electron chi connectivity index (χ4n) is 4.50. The van der Waals surface area contributed by atoms with Crippen LogP contribution in [0.25, 0.3) is 10.9 Å². The van der Waals surface area contributed by atoms with E-state index in [1.807, 2.05) is 26.8 Å². The molecule has 39 heavy (non-hydrogen) atoms. The number of aliphatic carboxylic acids is 1. The van der Waals surface area contributed by atoms with Crippen molar-refractivity contribution in [1.82, 2.24) is 20.2 Å². The van der Waals surface area contributed by atoms with E-state index >= 15 is 0 Å². The Morgan fingerprint density at radius 1 is 0.923 bits per heavy atom. The van der Waals surface area contributed by atoms with Crippen LogP contribution in [-0.4, -0.2) is 44.5 Å². The van der Waals surface area contributed by atoms with Crippen LogP contribution in [0.3, 0.4) is 0 Å². The minimum atomic E-state index is -1.27. The second kappa shape index (κ2) is 13.0. The number of nitrogens with zero attached hydrogens (tertiary/aromatic N) is 1. The van der Waals surface area contributed by atoms with E-state index in [1.54, 1.807) is 55.5 Å². The summed E-state index contributed by atoms with van der Waals surface area (Å²) in [4.78, 5) is 68.0. The number of H-pyrrole nitrogens is 1. The minimum absolute atomic E-state index is 0.0183. The van der Waals surface area contributed by atoms with Crippen molar-refractivity contribution < 1.29 is 19.5 Å². The van der Waals surface area contributed by atoms with Crippen LogP contribution in [0.4, 0.5) is 0 Å². The lowest BCUT2D eigenvalue weighted by Gasteiger charge is -2.28. The van der Waals surface area contributed by atoms with Gasteiger partial charge in [0.2, 0.25) is 11.8 Å². The fraction of sp³-hybridized carbons (Fsp3) is 0.414. The number of hydrogen-bond acceptors (Lipinski definition) is 5. The quantitative estimate of drug-likeness (QED) is 0.279. The zero-order chi connectivity index (χ0) is 28.7. The minimum Gasteiger partial charge on any atom is -0.480 e. The molecule has 0 fully saturated rings. The van der Waals surface area contributed by atoms with E-state index in [2.05, 4.69) is 15.6 Å². The van der Waals surface area contributed by atoms with E-state index in [0.29, 0.717) is 17.5 Å². The van der Waals surface area contributed by atoms with Crippen molar-refractivity contribution in [2.45, 2.75) is 65.1 Å². The van der Waals surface area contributed by atoms with E-state index in [-0.39, 0.29) is 30.1 Å². The summed E-state index contributed by atoms with van der Waals surface area (Å²) in [7, 11) is 0. The Kier molecular flexibility index (Phi) is 9.81. The number of carbonyl (C=O) groups excluding carboxylic acids is 2. The third-order valence-electron chi connectivity index (χ3n) is 6.84. The highest BCUT2D eigenvalue weighted by Gasteiger charge is 2.33. The summed E-state index contributed by atoms with van der Waals surface area (Å²) >= 11 is 0. The van der Waals surface area contributed by atoms with Crippen LogP contribution in [-0.2, 0) is 20.8 Å². The second-order valence-corrected chi connectivity index (χ2v) is 10.3. The van der Waals surface area contributed by atoms with Crippen molar-refractivity contribution in [3.05, 3.63) is 81.0 Å². The number of fused-ring (bicyclic) bond motifs is 1. The first kappa shape index (κ1) is 29.3. The first-order chi connectivity index (χ1) is 18.5. The third-order valence-corrected chi connectivity index (χ3v) is 6.84. The average Bonchev–Trinajstić information content (AvgIpc) is 2.90. The lowest BCUT2D eigenvalue weighted by molar-refractivity contribution is -0.143. The molecule has 4 atom stereocenters. The highest BCUT2D eigenvalue weighted by Crippen LogP contribution is 2.16. The Balaban J connectivity index is 2.02. The lowest BCUT2D eigenvalue weighted by Crippen LogP contribution is -2.56. The SMILES string of the molecule is CC[C@H](C)[C@H](NC(=O)[C@@H](Cc1ccccc1)n1c(=O)[nH]c2ccccc2c1=O)C(=O)N[C@H](CC(C)C)C(=O)O. The number of aromatic amines is 1. The molecule has 0 radical (unpaired) electrons. The molecular formula is C29H36N4O6. The maximum absolute atomic E-state index is 13.8. The van der Waals surface area contributed by atoms with Gasteiger partial charge in [0.1, 0.15) is 18.1 Å². The van der Waals surface area contributed by atoms with Crippen LogP contribution >= 0.6 is 0 Å².